The molecule has 1 aromatic rings. The molecule has 1 aromatic carbocycles. The number of ether oxygens (including phenoxy) is 2. The van der Waals surface area contributed by atoms with E-state index in [2.05, 4.69) is 6.92 Å². The zero-order valence-electron chi connectivity index (χ0n) is 16.6. The predicted octanol–water partition coefficient (Wildman–Crippen LogP) is 4.12. The lowest BCUT2D eigenvalue weighted by Gasteiger charge is -2.31. The minimum absolute atomic E-state index is 0.000874. The van der Waals surface area contributed by atoms with Crippen molar-refractivity contribution in [1.82, 2.24) is 0 Å². The van der Waals surface area contributed by atoms with E-state index in [1.807, 2.05) is 26.8 Å². The second-order valence-corrected chi connectivity index (χ2v) is 7.56. The number of amides is 1. The zero-order valence-corrected chi connectivity index (χ0v) is 16.6. The molecule has 1 saturated carbocycles. The van der Waals surface area contributed by atoms with Crippen LogP contribution in [0.25, 0.3) is 0 Å². The number of carbonyl (C=O) groups excluding carboxylic acids is 2. The van der Waals surface area contributed by atoms with E-state index in [9.17, 15) is 9.59 Å². The van der Waals surface area contributed by atoms with Gasteiger partial charge in [0.25, 0.3) is 5.91 Å². The Kier molecular flexibility index (Phi) is 7.21. The van der Waals surface area contributed by atoms with Crippen molar-refractivity contribution in [2.24, 2.45) is 5.92 Å². The Hall–Kier alpha value is -1.88. The number of carbonyl (C=O) groups is 2. The van der Waals surface area contributed by atoms with Gasteiger partial charge < -0.3 is 14.4 Å². The quantitative estimate of drug-likeness (QED) is 0.715. The minimum atomic E-state index is -0.378. The standard InChI is InChI=1S/C21H31NO4/c1-14(2)22(19-10-9-17(12-16(19)4)21(24)25-5)20(23)13-26-18-8-6-7-15(3)11-18/h9-10,12,14-15,18H,6-8,11,13H2,1-5H3. The van der Waals surface area contributed by atoms with Crippen molar-refractivity contribution in [2.75, 3.05) is 18.6 Å². The summed E-state index contributed by atoms with van der Waals surface area (Å²) in [7, 11) is 1.36. The molecule has 0 saturated heterocycles. The van der Waals surface area contributed by atoms with Gasteiger partial charge >= 0.3 is 5.97 Å². The first-order valence-corrected chi connectivity index (χ1v) is 9.46. The van der Waals surface area contributed by atoms with Gasteiger partial charge in [-0.3, -0.25) is 4.79 Å². The van der Waals surface area contributed by atoms with E-state index in [1.165, 1.54) is 20.0 Å². The van der Waals surface area contributed by atoms with Crippen LogP contribution in [-0.2, 0) is 14.3 Å². The highest BCUT2D eigenvalue weighted by molar-refractivity contribution is 5.97. The van der Waals surface area contributed by atoms with Crippen LogP contribution in [0.2, 0.25) is 0 Å². The largest absolute Gasteiger partial charge is 0.465 e. The third-order valence-corrected chi connectivity index (χ3v) is 4.99. The third-order valence-electron chi connectivity index (χ3n) is 4.99. The molecule has 26 heavy (non-hydrogen) atoms. The average Bonchev–Trinajstić information content (AvgIpc) is 2.60. The second kappa shape index (κ2) is 9.17. The SMILES string of the molecule is COC(=O)c1ccc(N(C(=O)COC2CCCC(C)C2)C(C)C)c(C)c1. The van der Waals surface area contributed by atoms with Gasteiger partial charge in [-0.15, -0.1) is 0 Å². The number of hydrogen-bond donors (Lipinski definition) is 0. The number of aryl methyl sites for hydroxylation is 1. The van der Waals surface area contributed by atoms with E-state index in [-0.39, 0.29) is 30.6 Å². The van der Waals surface area contributed by atoms with Crippen LogP contribution >= 0.6 is 0 Å². The Labute approximate surface area is 156 Å². The monoisotopic (exact) mass is 361 g/mol. The number of nitrogens with zero attached hydrogens (tertiary/aromatic N) is 1. The number of benzene rings is 1. The van der Waals surface area contributed by atoms with Crippen molar-refractivity contribution in [3.8, 4) is 0 Å². The maximum absolute atomic E-state index is 12.8. The highest BCUT2D eigenvalue weighted by Gasteiger charge is 2.25. The van der Waals surface area contributed by atoms with Gasteiger partial charge in [0.15, 0.2) is 0 Å². The van der Waals surface area contributed by atoms with Crippen LogP contribution in [-0.4, -0.2) is 37.7 Å². The van der Waals surface area contributed by atoms with Gasteiger partial charge in [0, 0.05) is 11.7 Å². The van der Waals surface area contributed by atoms with E-state index in [1.54, 1.807) is 17.0 Å². The number of esters is 1. The topological polar surface area (TPSA) is 55.8 Å². The molecule has 5 heteroatoms. The number of hydrogen-bond acceptors (Lipinski definition) is 4. The lowest BCUT2D eigenvalue weighted by molar-refractivity contribution is -0.126. The summed E-state index contributed by atoms with van der Waals surface area (Å²) in [5, 5.41) is 0. The molecule has 1 aliphatic rings. The molecule has 0 spiro atoms. The molecule has 2 unspecified atom stereocenters. The van der Waals surface area contributed by atoms with Gasteiger partial charge in [0.2, 0.25) is 0 Å². The van der Waals surface area contributed by atoms with Crippen LogP contribution in [0.4, 0.5) is 5.69 Å². The summed E-state index contributed by atoms with van der Waals surface area (Å²) in [6.07, 6.45) is 4.66. The Morgan fingerprint density at radius 1 is 1.27 bits per heavy atom. The summed E-state index contributed by atoms with van der Waals surface area (Å²) >= 11 is 0. The first-order valence-electron chi connectivity index (χ1n) is 9.46. The van der Waals surface area contributed by atoms with Crippen LogP contribution in [0.15, 0.2) is 18.2 Å². The van der Waals surface area contributed by atoms with Crippen LogP contribution in [0, 0.1) is 12.8 Å². The summed E-state index contributed by atoms with van der Waals surface area (Å²) in [5.74, 6) is 0.238. The Bertz CT molecular complexity index is 641. The molecule has 5 nitrogen and oxygen atoms in total. The maximum Gasteiger partial charge on any atom is 0.337 e. The normalized spacial score (nSPS) is 20.1. The fourth-order valence-corrected chi connectivity index (χ4v) is 3.66. The molecule has 2 rings (SSSR count). The molecular formula is C21H31NO4. The Balaban J connectivity index is 2.10. The van der Waals surface area contributed by atoms with Crippen LogP contribution < -0.4 is 4.90 Å². The van der Waals surface area contributed by atoms with Crippen molar-refractivity contribution in [1.29, 1.82) is 0 Å². The molecule has 144 valence electrons. The summed E-state index contributed by atoms with van der Waals surface area (Å²) in [6.45, 7) is 8.19. The molecule has 0 radical (unpaired) electrons. The van der Waals surface area contributed by atoms with Crippen molar-refractivity contribution in [2.45, 2.75) is 65.5 Å². The summed E-state index contributed by atoms with van der Waals surface area (Å²) in [6, 6.07) is 5.26. The van der Waals surface area contributed by atoms with Crippen LogP contribution in [0.5, 0.6) is 0 Å². The number of methoxy groups -OCH3 is 1. The van der Waals surface area contributed by atoms with Crippen LogP contribution in [0.1, 0.15) is 62.4 Å². The van der Waals surface area contributed by atoms with Crippen molar-refractivity contribution < 1.29 is 19.1 Å². The van der Waals surface area contributed by atoms with E-state index in [0.717, 1.165) is 24.1 Å². The van der Waals surface area contributed by atoms with Gasteiger partial charge in [-0.2, -0.15) is 0 Å². The number of rotatable bonds is 6. The Morgan fingerprint density at radius 3 is 2.58 bits per heavy atom. The molecule has 0 aliphatic heterocycles. The lowest BCUT2D eigenvalue weighted by Crippen LogP contribution is -2.41. The van der Waals surface area contributed by atoms with E-state index in [0.29, 0.717) is 11.5 Å². The smallest absolute Gasteiger partial charge is 0.337 e. The third kappa shape index (κ3) is 5.07. The second-order valence-electron chi connectivity index (χ2n) is 7.56. The summed E-state index contributed by atoms with van der Waals surface area (Å²) in [5.41, 5.74) is 2.15. The molecule has 0 N–H and O–H groups in total. The zero-order chi connectivity index (χ0) is 19.3. The lowest BCUT2D eigenvalue weighted by atomic mass is 9.89. The van der Waals surface area contributed by atoms with Crippen molar-refractivity contribution >= 4 is 17.6 Å². The van der Waals surface area contributed by atoms with Crippen molar-refractivity contribution in [3.63, 3.8) is 0 Å². The van der Waals surface area contributed by atoms with Gasteiger partial charge in [-0.1, -0.05) is 19.8 Å². The fraction of sp³-hybridized carbons (Fsp3) is 0.619. The van der Waals surface area contributed by atoms with Gasteiger partial charge in [-0.05, 0) is 63.3 Å². The highest BCUT2D eigenvalue weighted by atomic mass is 16.5. The van der Waals surface area contributed by atoms with Gasteiger partial charge in [-0.25, -0.2) is 4.79 Å². The molecule has 1 aliphatic carbocycles. The number of anilines is 1. The predicted molar refractivity (Wildman–Crippen MR) is 103 cm³/mol. The fourth-order valence-electron chi connectivity index (χ4n) is 3.66. The molecular weight excluding hydrogens is 330 g/mol. The molecule has 0 heterocycles. The molecule has 1 fully saturated rings. The van der Waals surface area contributed by atoms with E-state index in [4.69, 9.17) is 9.47 Å². The maximum atomic E-state index is 12.8. The molecule has 0 aromatic heterocycles. The summed E-state index contributed by atoms with van der Waals surface area (Å²) in [4.78, 5) is 26.3. The summed E-state index contributed by atoms with van der Waals surface area (Å²) < 4.78 is 10.7. The first-order chi connectivity index (χ1) is 12.3. The highest BCUT2D eigenvalue weighted by Crippen LogP contribution is 2.27. The van der Waals surface area contributed by atoms with E-state index >= 15 is 0 Å². The van der Waals surface area contributed by atoms with Gasteiger partial charge in [0.05, 0.1) is 18.8 Å². The molecule has 0 bridgehead atoms. The average molecular weight is 361 g/mol. The first kappa shape index (κ1) is 20.4. The molecule has 1 amide bonds. The Morgan fingerprint density at radius 2 is 2.00 bits per heavy atom. The van der Waals surface area contributed by atoms with Crippen molar-refractivity contribution in [3.05, 3.63) is 29.3 Å². The molecule has 2 atom stereocenters. The van der Waals surface area contributed by atoms with Crippen LogP contribution in [0.3, 0.4) is 0 Å². The van der Waals surface area contributed by atoms with Gasteiger partial charge in [0.1, 0.15) is 6.61 Å². The minimum Gasteiger partial charge on any atom is -0.465 e. The van der Waals surface area contributed by atoms with E-state index < -0.39 is 0 Å².